The second-order valence-corrected chi connectivity index (χ2v) is 4.29. The molecule has 1 atom stereocenters. The maximum atomic E-state index is 11.5. The molecule has 88 valence electrons. The Morgan fingerprint density at radius 3 is 3.12 bits per heavy atom. The maximum Gasteiger partial charge on any atom is 0.323 e. The van der Waals surface area contributed by atoms with E-state index in [4.69, 9.17) is 10.5 Å². The van der Waals surface area contributed by atoms with E-state index in [-0.39, 0.29) is 5.97 Å². The van der Waals surface area contributed by atoms with Crippen LogP contribution in [0.2, 0.25) is 0 Å². The average Bonchev–Trinajstić information content (AvgIpc) is 2.95. The molecule has 2 rings (SSSR count). The minimum Gasteiger partial charge on any atom is -0.465 e. The summed E-state index contributed by atoms with van der Waals surface area (Å²) in [5.74, 6) is 0.451. The molecule has 0 saturated heterocycles. The first-order chi connectivity index (χ1) is 7.75. The molecule has 1 aromatic heterocycles. The highest BCUT2D eigenvalue weighted by atomic mass is 16.5. The summed E-state index contributed by atoms with van der Waals surface area (Å²) in [6.45, 7) is 0.500. The zero-order chi connectivity index (χ0) is 11.4. The van der Waals surface area contributed by atoms with Crippen LogP contribution >= 0.6 is 0 Å². The smallest absolute Gasteiger partial charge is 0.323 e. The summed E-state index contributed by atoms with van der Waals surface area (Å²) in [5, 5.41) is 0. The lowest BCUT2D eigenvalue weighted by molar-refractivity contribution is -0.145. The summed E-state index contributed by atoms with van der Waals surface area (Å²) in [7, 11) is 0. The molecule has 5 nitrogen and oxygen atoms in total. The molecular weight excluding hydrogens is 206 g/mol. The normalized spacial score (nSPS) is 17.1. The van der Waals surface area contributed by atoms with Crippen molar-refractivity contribution in [2.75, 3.05) is 6.61 Å². The summed E-state index contributed by atoms with van der Waals surface area (Å²) < 4.78 is 5.11. The first kappa shape index (κ1) is 11.1. The zero-order valence-corrected chi connectivity index (χ0v) is 9.19. The second-order valence-electron chi connectivity index (χ2n) is 4.29. The Balaban J connectivity index is 1.66. The molecule has 1 fully saturated rings. The van der Waals surface area contributed by atoms with E-state index in [9.17, 15) is 4.79 Å². The first-order valence-electron chi connectivity index (χ1n) is 5.65. The van der Waals surface area contributed by atoms with Gasteiger partial charge in [-0.05, 0) is 12.3 Å². The number of ether oxygens (including phenoxy) is 1. The van der Waals surface area contributed by atoms with Gasteiger partial charge < -0.3 is 15.5 Å². The average molecular weight is 223 g/mol. The molecule has 0 amide bonds. The quantitative estimate of drug-likeness (QED) is 0.693. The van der Waals surface area contributed by atoms with Crippen molar-refractivity contribution in [2.24, 2.45) is 11.7 Å². The van der Waals surface area contributed by atoms with Gasteiger partial charge in [-0.25, -0.2) is 4.98 Å². The van der Waals surface area contributed by atoms with Crippen molar-refractivity contribution >= 4 is 5.97 Å². The van der Waals surface area contributed by atoms with Crippen LogP contribution in [0.1, 0.15) is 25.0 Å². The number of hydrogen-bond acceptors (Lipinski definition) is 4. The van der Waals surface area contributed by atoms with Gasteiger partial charge in [0, 0.05) is 18.3 Å². The fraction of sp³-hybridized carbons (Fsp3) is 0.636. The molecule has 1 saturated carbocycles. The molecule has 1 heterocycles. The van der Waals surface area contributed by atoms with Crippen molar-refractivity contribution in [3.63, 3.8) is 0 Å². The third-order valence-electron chi connectivity index (χ3n) is 2.76. The summed E-state index contributed by atoms with van der Waals surface area (Å²) in [6, 6.07) is -0.598. The lowest BCUT2D eigenvalue weighted by atomic mass is 10.2. The van der Waals surface area contributed by atoms with E-state index in [2.05, 4.69) is 9.97 Å². The van der Waals surface area contributed by atoms with Crippen LogP contribution in [0, 0.1) is 5.92 Å². The Labute approximate surface area is 94.4 Å². The number of esters is 1. The molecule has 16 heavy (non-hydrogen) atoms. The molecule has 0 radical (unpaired) electrons. The molecule has 0 aromatic carbocycles. The Kier molecular flexibility index (Phi) is 3.56. The van der Waals surface area contributed by atoms with Gasteiger partial charge in [-0.15, -0.1) is 0 Å². The van der Waals surface area contributed by atoms with Gasteiger partial charge in [0.05, 0.1) is 12.9 Å². The van der Waals surface area contributed by atoms with Crippen molar-refractivity contribution in [1.82, 2.24) is 9.97 Å². The fourth-order valence-electron chi connectivity index (χ4n) is 1.56. The van der Waals surface area contributed by atoms with Crippen LogP contribution in [0.4, 0.5) is 0 Å². The van der Waals surface area contributed by atoms with Crippen LogP contribution < -0.4 is 5.73 Å². The Hall–Kier alpha value is -1.36. The molecule has 5 heteroatoms. The van der Waals surface area contributed by atoms with Crippen molar-refractivity contribution in [3.8, 4) is 0 Å². The lowest BCUT2D eigenvalue weighted by Gasteiger charge is -2.10. The van der Waals surface area contributed by atoms with E-state index < -0.39 is 6.04 Å². The van der Waals surface area contributed by atoms with Crippen molar-refractivity contribution < 1.29 is 9.53 Å². The molecule has 1 aromatic rings. The third-order valence-corrected chi connectivity index (χ3v) is 2.76. The number of rotatable bonds is 6. The minimum atomic E-state index is -0.598. The highest BCUT2D eigenvalue weighted by Gasteiger charge is 2.22. The van der Waals surface area contributed by atoms with E-state index in [1.807, 2.05) is 0 Å². The van der Waals surface area contributed by atoms with Gasteiger partial charge in [-0.3, -0.25) is 4.79 Å². The van der Waals surface area contributed by atoms with Gasteiger partial charge in [0.2, 0.25) is 0 Å². The molecule has 1 aliphatic carbocycles. The van der Waals surface area contributed by atoms with Crippen molar-refractivity contribution in [1.29, 1.82) is 0 Å². The molecular formula is C11H17N3O2. The Morgan fingerprint density at radius 2 is 2.50 bits per heavy atom. The molecule has 0 aliphatic heterocycles. The van der Waals surface area contributed by atoms with Crippen molar-refractivity contribution in [2.45, 2.75) is 31.7 Å². The summed E-state index contributed by atoms with van der Waals surface area (Å²) in [5.41, 5.74) is 6.57. The number of hydrogen-bond donors (Lipinski definition) is 2. The molecule has 0 spiro atoms. The van der Waals surface area contributed by atoms with Crippen LogP contribution in [-0.2, 0) is 16.0 Å². The topological polar surface area (TPSA) is 81.0 Å². The number of nitrogens with two attached hydrogens (primary N) is 1. The van der Waals surface area contributed by atoms with Crippen LogP contribution in [0.15, 0.2) is 12.5 Å². The summed E-state index contributed by atoms with van der Waals surface area (Å²) in [4.78, 5) is 18.3. The zero-order valence-electron chi connectivity index (χ0n) is 9.19. The highest BCUT2D eigenvalue weighted by Crippen LogP contribution is 2.32. The van der Waals surface area contributed by atoms with E-state index in [0.717, 1.165) is 18.0 Å². The number of imidazole rings is 1. The lowest BCUT2D eigenvalue weighted by Crippen LogP contribution is -2.34. The first-order valence-corrected chi connectivity index (χ1v) is 5.65. The standard InChI is InChI=1S/C11H17N3O2/c12-10(5-9-6-13-7-14-9)11(15)16-4-3-8-1-2-8/h6-8,10H,1-5,12H2,(H,13,14)/t10-/m1/s1. The van der Waals surface area contributed by atoms with Crippen LogP contribution in [-0.4, -0.2) is 28.6 Å². The fourth-order valence-corrected chi connectivity index (χ4v) is 1.56. The number of carbonyl (C=O) groups excluding carboxylic acids is 1. The second kappa shape index (κ2) is 5.12. The molecule has 1 aliphatic rings. The van der Waals surface area contributed by atoms with Crippen LogP contribution in [0.3, 0.4) is 0 Å². The van der Waals surface area contributed by atoms with Crippen molar-refractivity contribution in [3.05, 3.63) is 18.2 Å². The van der Waals surface area contributed by atoms with E-state index >= 15 is 0 Å². The number of H-pyrrole nitrogens is 1. The minimum absolute atomic E-state index is 0.324. The molecule has 0 bridgehead atoms. The monoisotopic (exact) mass is 223 g/mol. The summed E-state index contributed by atoms with van der Waals surface area (Å²) >= 11 is 0. The largest absolute Gasteiger partial charge is 0.465 e. The highest BCUT2D eigenvalue weighted by molar-refractivity contribution is 5.75. The predicted octanol–water partition coefficient (Wildman–Crippen LogP) is 0.623. The molecule has 3 N–H and O–H groups in total. The Morgan fingerprint density at radius 1 is 1.69 bits per heavy atom. The molecule has 0 unspecified atom stereocenters. The number of nitrogens with zero attached hydrogens (tertiary/aromatic N) is 1. The maximum absolute atomic E-state index is 11.5. The van der Waals surface area contributed by atoms with Gasteiger partial charge in [-0.1, -0.05) is 12.8 Å². The predicted molar refractivity (Wildman–Crippen MR) is 58.6 cm³/mol. The third kappa shape index (κ3) is 3.34. The SMILES string of the molecule is N[C@H](Cc1cnc[nH]1)C(=O)OCCC1CC1. The number of aromatic amines is 1. The van der Waals surface area contributed by atoms with Gasteiger partial charge in [0.25, 0.3) is 0 Å². The number of aromatic nitrogens is 2. The van der Waals surface area contributed by atoms with Crippen LogP contribution in [0.25, 0.3) is 0 Å². The van der Waals surface area contributed by atoms with E-state index in [1.54, 1.807) is 12.5 Å². The van der Waals surface area contributed by atoms with Crippen LogP contribution in [0.5, 0.6) is 0 Å². The van der Waals surface area contributed by atoms with Gasteiger partial charge >= 0.3 is 5.97 Å². The Bertz CT molecular complexity index is 333. The van der Waals surface area contributed by atoms with E-state index in [1.165, 1.54) is 12.8 Å². The summed E-state index contributed by atoms with van der Waals surface area (Å²) in [6.07, 6.45) is 7.21. The number of nitrogens with one attached hydrogen (secondary N) is 1. The van der Waals surface area contributed by atoms with Gasteiger partial charge in [0.1, 0.15) is 6.04 Å². The van der Waals surface area contributed by atoms with Gasteiger partial charge in [0.15, 0.2) is 0 Å². The number of carbonyl (C=O) groups is 1. The van der Waals surface area contributed by atoms with E-state index in [0.29, 0.717) is 13.0 Å². The van der Waals surface area contributed by atoms with Gasteiger partial charge in [-0.2, -0.15) is 0 Å².